The van der Waals surface area contributed by atoms with Crippen LogP contribution in [0.25, 0.3) is 21.9 Å². The predicted octanol–water partition coefficient (Wildman–Crippen LogP) is 2.08. The Balaban J connectivity index is 1.42. The number of imidazole rings is 1. The number of fused-ring (bicyclic) bond motifs is 2. The van der Waals surface area contributed by atoms with Crippen molar-refractivity contribution in [1.29, 1.82) is 0 Å². The van der Waals surface area contributed by atoms with Crippen LogP contribution >= 0.6 is 0 Å². The molecule has 30 heavy (non-hydrogen) atoms. The van der Waals surface area contributed by atoms with Crippen molar-refractivity contribution in [3.8, 4) is 0 Å². The number of nitrogens with one attached hydrogen (secondary N) is 3. The Morgan fingerprint density at radius 2 is 1.60 bits per heavy atom. The van der Waals surface area contributed by atoms with Gasteiger partial charge in [0.1, 0.15) is 6.54 Å². The van der Waals surface area contributed by atoms with Gasteiger partial charge < -0.3 is 4.98 Å². The van der Waals surface area contributed by atoms with E-state index in [0.29, 0.717) is 12.1 Å². The third kappa shape index (κ3) is 3.71. The maximum absolute atomic E-state index is 12.7. The topological polar surface area (TPSA) is 101 Å². The van der Waals surface area contributed by atoms with E-state index in [4.69, 9.17) is 0 Å². The van der Waals surface area contributed by atoms with Crippen LogP contribution in [-0.2, 0) is 29.1 Å². The molecule has 154 valence electrons. The third-order valence-electron chi connectivity index (χ3n) is 5.04. The predicted molar refractivity (Wildman–Crippen MR) is 115 cm³/mol. The minimum absolute atomic E-state index is 0.125. The molecule has 0 spiro atoms. The van der Waals surface area contributed by atoms with Crippen molar-refractivity contribution < 1.29 is 9.59 Å². The second-order valence-corrected chi connectivity index (χ2v) is 7.14. The van der Waals surface area contributed by atoms with Crippen molar-refractivity contribution in [3.05, 3.63) is 70.8 Å². The van der Waals surface area contributed by atoms with E-state index in [-0.39, 0.29) is 24.6 Å². The number of hydrogen-bond donors (Lipinski definition) is 3. The molecule has 0 radical (unpaired) electrons. The SMILES string of the molecule is CCCn1c(=O)n(CC(=O)NNC(=O)Cc2c[nH]c3ccccc23)c2ccccc21. The van der Waals surface area contributed by atoms with E-state index in [0.717, 1.165) is 28.4 Å². The van der Waals surface area contributed by atoms with Crippen molar-refractivity contribution in [1.82, 2.24) is 25.0 Å². The number of carbonyl (C=O) groups is 2. The second-order valence-electron chi connectivity index (χ2n) is 7.14. The molecule has 0 saturated heterocycles. The van der Waals surface area contributed by atoms with Crippen molar-refractivity contribution in [2.45, 2.75) is 32.9 Å². The average Bonchev–Trinajstić information content (AvgIpc) is 3.27. The fourth-order valence-corrected chi connectivity index (χ4v) is 3.68. The molecule has 8 nitrogen and oxygen atoms in total. The van der Waals surface area contributed by atoms with Gasteiger partial charge in [-0.25, -0.2) is 4.79 Å². The molecular weight excluding hydrogens is 382 g/mol. The quantitative estimate of drug-likeness (QED) is 0.428. The first-order valence-electron chi connectivity index (χ1n) is 9.89. The molecule has 8 heteroatoms. The molecule has 0 aliphatic carbocycles. The number of aryl methyl sites for hydroxylation is 1. The maximum atomic E-state index is 12.7. The minimum atomic E-state index is -0.469. The number of aromatic amines is 1. The summed E-state index contributed by atoms with van der Waals surface area (Å²) in [6, 6.07) is 15.1. The molecule has 4 rings (SSSR count). The lowest BCUT2D eigenvalue weighted by Gasteiger charge is -2.08. The Kier molecular flexibility index (Phi) is 5.38. The lowest BCUT2D eigenvalue weighted by molar-refractivity contribution is -0.128. The number of benzene rings is 2. The molecule has 2 aromatic carbocycles. The summed E-state index contributed by atoms with van der Waals surface area (Å²) in [5.41, 5.74) is 7.88. The molecule has 4 aromatic rings. The number of aromatic nitrogens is 3. The molecule has 3 N–H and O–H groups in total. The summed E-state index contributed by atoms with van der Waals surface area (Å²) in [4.78, 5) is 40.5. The van der Waals surface area contributed by atoms with Gasteiger partial charge in [-0.3, -0.25) is 29.6 Å². The van der Waals surface area contributed by atoms with E-state index in [1.807, 2.05) is 55.5 Å². The summed E-state index contributed by atoms with van der Waals surface area (Å²) in [5.74, 6) is -0.808. The first-order chi connectivity index (χ1) is 14.6. The normalized spacial score (nSPS) is 11.1. The van der Waals surface area contributed by atoms with Crippen LogP contribution < -0.4 is 16.5 Å². The molecule has 0 bridgehead atoms. The summed E-state index contributed by atoms with van der Waals surface area (Å²) in [7, 11) is 0. The van der Waals surface area contributed by atoms with Gasteiger partial charge in [0.25, 0.3) is 5.91 Å². The Hall–Kier alpha value is -3.81. The summed E-state index contributed by atoms with van der Waals surface area (Å²) in [6.07, 6.45) is 2.72. The Labute approximate surface area is 172 Å². The summed E-state index contributed by atoms with van der Waals surface area (Å²) < 4.78 is 3.09. The Bertz CT molecular complexity index is 1280. The van der Waals surface area contributed by atoms with Gasteiger partial charge >= 0.3 is 5.69 Å². The van der Waals surface area contributed by atoms with Gasteiger partial charge in [-0.15, -0.1) is 0 Å². The van der Waals surface area contributed by atoms with Gasteiger partial charge in [0.05, 0.1) is 17.5 Å². The molecule has 2 heterocycles. The van der Waals surface area contributed by atoms with Crippen molar-refractivity contribution in [3.63, 3.8) is 0 Å². The van der Waals surface area contributed by atoms with Crippen LogP contribution in [0.3, 0.4) is 0 Å². The monoisotopic (exact) mass is 405 g/mol. The number of H-pyrrole nitrogens is 1. The van der Waals surface area contributed by atoms with Crippen molar-refractivity contribution >= 4 is 33.8 Å². The third-order valence-corrected chi connectivity index (χ3v) is 5.04. The number of hydrazine groups is 1. The van der Waals surface area contributed by atoms with Gasteiger partial charge in [-0.2, -0.15) is 0 Å². The molecule has 0 aliphatic heterocycles. The number of nitrogens with zero attached hydrogens (tertiary/aromatic N) is 2. The van der Waals surface area contributed by atoms with Crippen LogP contribution in [0.2, 0.25) is 0 Å². The number of carbonyl (C=O) groups excluding carboxylic acids is 2. The van der Waals surface area contributed by atoms with E-state index in [1.54, 1.807) is 10.8 Å². The minimum Gasteiger partial charge on any atom is -0.361 e. The first-order valence-corrected chi connectivity index (χ1v) is 9.89. The summed E-state index contributed by atoms with van der Waals surface area (Å²) >= 11 is 0. The van der Waals surface area contributed by atoms with Crippen LogP contribution in [0.4, 0.5) is 0 Å². The zero-order chi connectivity index (χ0) is 21.1. The number of para-hydroxylation sites is 3. The molecular formula is C22H23N5O3. The smallest absolute Gasteiger partial charge is 0.329 e. The number of rotatable bonds is 6. The molecule has 0 fully saturated rings. The molecule has 2 amide bonds. The Morgan fingerprint density at radius 3 is 2.37 bits per heavy atom. The van der Waals surface area contributed by atoms with E-state index >= 15 is 0 Å². The average molecular weight is 405 g/mol. The zero-order valence-electron chi connectivity index (χ0n) is 16.6. The lowest BCUT2D eigenvalue weighted by atomic mass is 10.1. The van der Waals surface area contributed by atoms with Gasteiger partial charge in [-0.1, -0.05) is 37.3 Å². The van der Waals surface area contributed by atoms with Gasteiger partial charge in [0, 0.05) is 23.6 Å². The highest BCUT2D eigenvalue weighted by Gasteiger charge is 2.15. The molecule has 2 aromatic heterocycles. The highest BCUT2D eigenvalue weighted by atomic mass is 16.2. The van der Waals surface area contributed by atoms with Gasteiger partial charge in [0.2, 0.25) is 5.91 Å². The van der Waals surface area contributed by atoms with Crippen LogP contribution in [0.1, 0.15) is 18.9 Å². The highest BCUT2D eigenvalue weighted by Crippen LogP contribution is 2.18. The number of hydrogen-bond acceptors (Lipinski definition) is 3. The highest BCUT2D eigenvalue weighted by molar-refractivity contribution is 5.90. The zero-order valence-corrected chi connectivity index (χ0v) is 16.6. The maximum Gasteiger partial charge on any atom is 0.329 e. The molecule has 0 atom stereocenters. The first kappa shape index (κ1) is 19.5. The number of amides is 2. The van der Waals surface area contributed by atoms with Crippen LogP contribution in [0.15, 0.2) is 59.5 Å². The van der Waals surface area contributed by atoms with E-state index in [2.05, 4.69) is 15.8 Å². The summed E-state index contributed by atoms with van der Waals surface area (Å²) in [5, 5.41) is 0.967. The van der Waals surface area contributed by atoms with Crippen LogP contribution in [-0.4, -0.2) is 25.9 Å². The molecule has 0 saturated carbocycles. The largest absolute Gasteiger partial charge is 0.361 e. The van der Waals surface area contributed by atoms with Gasteiger partial charge in [0.15, 0.2) is 0 Å². The lowest BCUT2D eigenvalue weighted by Crippen LogP contribution is -2.44. The van der Waals surface area contributed by atoms with Crippen LogP contribution in [0, 0.1) is 0 Å². The van der Waals surface area contributed by atoms with E-state index in [9.17, 15) is 14.4 Å². The van der Waals surface area contributed by atoms with Crippen LogP contribution in [0.5, 0.6) is 0 Å². The van der Waals surface area contributed by atoms with E-state index < -0.39 is 5.91 Å². The Morgan fingerprint density at radius 1 is 0.933 bits per heavy atom. The van der Waals surface area contributed by atoms with Crippen molar-refractivity contribution in [2.75, 3.05) is 0 Å². The molecule has 0 aliphatic rings. The van der Waals surface area contributed by atoms with Gasteiger partial charge in [-0.05, 0) is 30.2 Å². The standard InChI is InChI=1S/C22H23N5O3/c1-2-11-26-18-9-5-6-10-19(18)27(22(26)30)14-21(29)25-24-20(28)12-15-13-23-17-8-4-3-7-16(15)17/h3-10,13,23H,2,11-12,14H2,1H3,(H,24,28)(H,25,29). The fraction of sp³-hybridized carbons (Fsp3) is 0.227. The summed E-state index contributed by atoms with van der Waals surface area (Å²) in [6.45, 7) is 2.40. The second kappa shape index (κ2) is 8.28. The molecule has 0 unspecified atom stereocenters. The van der Waals surface area contributed by atoms with E-state index in [1.165, 1.54) is 4.57 Å². The van der Waals surface area contributed by atoms with Crippen molar-refractivity contribution in [2.24, 2.45) is 0 Å². The fourth-order valence-electron chi connectivity index (χ4n) is 3.68.